The number of hydrogen-bond donors (Lipinski definition) is 1. The predicted molar refractivity (Wildman–Crippen MR) is 99.0 cm³/mol. The first-order valence-corrected chi connectivity index (χ1v) is 8.88. The summed E-state index contributed by atoms with van der Waals surface area (Å²) in [6, 6.07) is 18.3. The number of benzene rings is 2. The van der Waals surface area contributed by atoms with E-state index in [2.05, 4.69) is 83.4 Å². The zero-order valence-corrected chi connectivity index (χ0v) is 14.6. The smallest absolute Gasteiger partial charge is 0.0372 e. The van der Waals surface area contributed by atoms with Gasteiger partial charge in [0.15, 0.2) is 0 Å². The minimum Gasteiger partial charge on any atom is -0.382 e. The molecule has 0 bridgehead atoms. The molecule has 2 heteroatoms. The highest BCUT2D eigenvalue weighted by Crippen LogP contribution is 2.34. The van der Waals surface area contributed by atoms with Gasteiger partial charge in [0.25, 0.3) is 0 Å². The van der Waals surface area contributed by atoms with Crippen LogP contribution in [0.4, 0.5) is 5.69 Å². The van der Waals surface area contributed by atoms with Crippen LogP contribution in [-0.4, -0.2) is 6.04 Å². The van der Waals surface area contributed by atoms with Crippen molar-refractivity contribution in [3.05, 3.63) is 63.2 Å². The van der Waals surface area contributed by atoms with Crippen LogP contribution in [-0.2, 0) is 0 Å². The third kappa shape index (κ3) is 3.79. The maximum atomic E-state index is 3.75. The summed E-state index contributed by atoms with van der Waals surface area (Å²) in [6.45, 7) is 2.19. The van der Waals surface area contributed by atoms with Gasteiger partial charge >= 0.3 is 0 Å². The van der Waals surface area contributed by atoms with Gasteiger partial charge in [-0.25, -0.2) is 0 Å². The van der Waals surface area contributed by atoms with Crippen LogP contribution in [0.25, 0.3) is 0 Å². The lowest BCUT2D eigenvalue weighted by Gasteiger charge is -2.30. The summed E-state index contributed by atoms with van der Waals surface area (Å²) in [5.74, 6) is 0.752. The van der Waals surface area contributed by atoms with Crippen LogP contribution in [0.3, 0.4) is 0 Å². The number of nitrogens with one attached hydrogen (secondary N) is 1. The molecule has 1 fully saturated rings. The molecule has 0 heterocycles. The van der Waals surface area contributed by atoms with E-state index in [-0.39, 0.29) is 0 Å². The van der Waals surface area contributed by atoms with E-state index in [0.717, 1.165) is 5.92 Å². The number of anilines is 1. The maximum Gasteiger partial charge on any atom is 0.0372 e. The molecule has 0 aliphatic heterocycles. The van der Waals surface area contributed by atoms with Crippen molar-refractivity contribution in [2.75, 3.05) is 5.32 Å². The van der Waals surface area contributed by atoms with Crippen LogP contribution in [0.1, 0.15) is 42.7 Å². The zero-order chi connectivity index (χ0) is 14.7. The fourth-order valence-electron chi connectivity index (χ4n) is 3.31. The summed E-state index contributed by atoms with van der Waals surface area (Å²) in [6.07, 6.45) is 5.13. The Balaban J connectivity index is 1.59. The number of hydrogen-bond acceptors (Lipinski definition) is 1. The molecule has 1 aliphatic rings. The summed E-state index contributed by atoms with van der Waals surface area (Å²) in [7, 11) is 0. The standard InChI is InChI=1S/C19H22IN/c1-14-13-17(20)9-12-19(14)21-18-10-7-16(8-11-18)15-5-3-2-4-6-15/h2-6,9,12-13,16,18,21H,7-8,10-11H2,1H3. The maximum absolute atomic E-state index is 3.75. The third-order valence-corrected chi connectivity index (χ3v) is 5.22. The van der Waals surface area contributed by atoms with Crippen LogP contribution < -0.4 is 5.32 Å². The molecule has 2 aromatic rings. The molecular weight excluding hydrogens is 369 g/mol. The first-order valence-electron chi connectivity index (χ1n) is 7.80. The number of halogens is 1. The van der Waals surface area contributed by atoms with Crippen LogP contribution in [0.15, 0.2) is 48.5 Å². The number of rotatable bonds is 3. The van der Waals surface area contributed by atoms with Gasteiger partial charge in [-0.1, -0.05) is 30.3 Å². The van der Waals surface area contributed by atoms with E-state index in [1.165, 1.54) is 46.1 Å². The first kappa shape index (κ1) is 14.9. The molecule has 0 radical (unpaired) electrons. The summed E-state index contributed by atoms with van der Waals surface area (Å²) in [5.41, 5.74) is 4.17. The molecule has 0 aromatic heterocycles. The van der Waals surface area contributed by atoms with Gasteiger partial charge in [0.05, 0.1) is 0 Å². The lowest BCUT2D eigenvalue weighted by Crippen LogP contribution is -2.25. The van der Waals surface area contributed by atoms with E-state index in [4.69, 9.17) is 0 Å². The molecule has 3 rings (SSSR count). The van der Waals surface area contributed by atoms with E-state index in [1.54, 1.807) is 0 Å². The van der Waals surface area contributed by atoms with Crippen molar-refractivity contribution < 1.29 is 0 Å². The van der Waals surface area contributed by atoms with Crippen LogP contribution in [0.5, 0.6) is 0 Å². The fourth-order valence-corrected chi connectivity index (χ4v) is 3.95. The fraction of sp³-hybridized carbons (Fsp3) is 0.368. The summed E-state index contributed by atoms with van der Waals surface area (Å²) in [4.78, 5) is 0. The molecule has 0 saturated heterocycles. The molecule has 0 amide bonds. The zero-order valence-electron chi connectivity index (χ0n) is 12.5. The van der Waals surface area contributed by atoms with Crippen LogP contribution in [0, 0.1) is 10.5 Å². The molecule has 110 valence electrons. The average molecular weight is 391 g/mol. The molecule has 0 unspecified atom stereocenters. The molecule has 21 heavy (non-hydrogen) atoms. The Labute approximate surface area is 141 Å². The second kappa shape index (κ2) is 6.82. The normalized spacial score (nSPS) is 22.0. The molecule has 2 aromatic carbocycles. The van der Waals surface area contributed by atoms with Gasteiger partial charge in [0, 0.05) is 15.3 Å². The van der Waals surface area contributed by atoms with E-state index in [0.29, 0.717) is 6.04 Å². The van der Waals surface area contributed by atoms with Crippen molar-refractivity contribution >= 4 is 28.3 Å². The summed E-state index contributed by atoms with van der Waals surface area (Å²) in [5, 5.41) is 3.75. The first-order chi connectivity index (χ1) is 10.2. The lowest BCUT2D eigenvalue weighted by atomic mass is 9.81. The van der Waals surface area contributed by atoms with Gasteiger partial charge in [-0.3, -0.25) is 0 Å². The van der Waals surface area contributed by atoms with Gasteiger partial charge in [0.2, 0.25) is 0 Å². The largest absolute Gasteiger partial charge is 0.382 e. The molecule has 0 spiro atoms. The quantitative estimate of drug-likeness (QED) is 0.659. The van der Waals surface area contributed by atoms with Crippen molar-refractivity contribution in [1.82, 2.24) is 0 Å². The Morgan fingerprint density at radius 2 is 1.67 bits per heavy atom. The van der Waals surface area contributed by atoms with Crippen molar-refractivity contribution in [1.29, 1.82) is 0 Å². The minimum atomic E-state index is 0.628. The summed E-state index contributed by atoms with van der Waals surface area (Å²) < 4.78 is 1.31. The van der Waals surface area contributed by atoms with E-state index >= 15 is 0 Å². The second-order valence-corrected chi connectivity index (χ2v) is 7.31. The van der Waals surface area contributed by atoms with Crippen LogP contribution in [0.2, 0.25) is 0 Å². The summed E-state index contributed by atoms with van der Waals surface area (Å²) >= 11 is 2.37. The Morgan fingerprint density at radius 3 is 2.33 bits per heavy atom. The topological polar surface area (TPSA) is 12.0 Å². The van der Waals surface area contributed by atoms with Crippen molar-refractivity contribution in [3.63, 3.8) is 0 Å². The average Bonchev–Trinajstić information content (AvgIpc) is 2.52. The monoisotopic (exact) mass is 391 g/mol. The van der Waals surface area contributed by atoms with Crippen molar-refractivity contribution in [2.45, 2.75) is 44.6 Å². The Hall–Kier alpha value is -1.03. The Morgan fingerprint density at radius 1 is 0.952 bits per heavy atom. The highest BCUT2D eigenvalue weighted by molar-refractivity contribution is 14.1. The van der Waals surface area contributed by atoms with Gasteiger partial charge in [0.1, 0.15) is 0 Å². The highest BCUT2D eigenvalue weighted by atomic mass is 127. The Bertz CT molecular complexity index is 586. The van der Waals surface area contributed by atoms with E-state index < -0.39 is 0 Å². The molecule has 1 nitrogen and oxygen atoms in total. The van der Waals surface area contributed by atoms with Crippen molar-refractivity contribution in [2.24, 2.45) is 0 Å². The van der Waals surface area contributed by atoms with Crippen LogP contribution >= 0.6 is 22.6 Å². The van der Waals surface area contributed by atoms with Gasteiger partial charge in [-0.2, -0.15) is 0 Å². The third-order valence-electron chi connectivity index (χ3n) is 4.55. The SMILES string of the molecule is Cc1cc(I)ccc1NC1CCC(c2ccccc2)CC1. The molecular formula is C19H22IN. The van der Waals surface area contributed by atoms with Gasteiger partial charge in [-0.05, 0) is 90.4 Å². The minimum absolute atomic E-state index is 0.628. The van der Waals surface area contributed by atoms with E-state index in [9.17, 15) is 0 Å². The second-order valence-electron chi connectivity index (χ2n) is 6.06. The molecule has 1 N–H and O–H groups in total. The van der Waals surface area contributed by atoms with Gasteiger partial charge in [-0.15, -0.1) is 0 Å². The van der Waals surface area contributed by atoms with E-state index in [1.807, 2.05) is 0 Å². The van der Waals surface area contributed by atoms with Crippen molar-refractivity contribution in [3.8, 4) is 0 Å². The highest BCUT2D eigenvalue weighted by Gasteiger charge is 2.22. The number of aryl methyl sites for hydroxylation is 1. The van der Waals surface area contributed by atoms with Gasteiger partial charge < -0.3 is 5.32 Å². The Kier molecular flexibility index (Phi) is 4.84. The molecule has 1 saturated carbocycles. The predicted octanol–water partition coefficient (Wildman–Crippen LogP) is 5.74. The lowest BCUT2D eigenvalue weighted by molar-refractivity contribution is 0.412. The molecule has 1 aliphatic carbocycles. The molecule has 0 atom stereocenters.